The first-order chi connectivity index (χ1) is 18.4. The summed E-state index contributed by atoms with van der Waals surface area (Å²) in [5, 5.41) is 18.2. The van der Waals surface area contributed by atoms with E-state index in [4.69, 9.17) is 4.42 Å². The van der Waals surface area contributed by atoms with Crippen molar-refractivity contribution in [3.05, 3.63) is 36.1 Å². The molecule has 3 rings (SSSR count). The highest BCUT2D eigenvalue weighted by molar-refractivity contribution is 6.00. The topological polar surface area (TPSA) is 158 Å². The first-order valence-corrected chi connectivity index (χ1v) is 13.3. The Bertz CT molecular complexity index is 1170. The van der Waals surface area contributed by atoms with Gasteiger partial charge in [0, 0.05) is 11.9 Å². The van der Waals surface area contributed by atoms with Gasteiger partial charge in [-0.15, -0.1) is 0 Å². The van der Waals surface area contributed by atoms with Crippen molar-refractivity contribution in [2.24, 2.45) is 11.8 Å². The van der Waals surface area contributed by atoms with Crippen molar-refractivity contribution in [1.29, 1.82) is 0 Å². The number of benzene rings is 1. The number of nitrogens with zero attached hydrogens (tertiary/aromatic N) is 1. The van der Waals surface area contributed by atoms with Gasteiger partial charge in [-0.1, -0.05) is 45.9 Å². The lowest BCUT2D eigenvalue weighted by molar-refractivity contribution is -0.139. The monoisotopic (exact) mass is 542 g/mol. The van der Waals surface area contributed by atoms with Gasteiger partial charge in [0.25, 0.3) is 5.91 Å². The minimum Gasteiger partial charge on any atom is -0.480 e. The number of nitrogens with one attached hydrogen (secondary N) is 3. The number of likely N-dealkylation sites (tertiary alicyclic amines) is 1. The lowest BCUT2D eigenvalue weighted by atomic mass is 10.0. The van der Waals surface area contributed by atoms with E-state index in [1.165, 1.54) is 4.90 Å². The molecule has 3 atom stereocenters. The standard InChI is InChI=1S/C28H38N4O7/c1-16(2)12-20(30-26(35)24-14-18-8-5-6-10-23(18)39-24)25(34)29-19-9-7-11-32(15-22(19)33)28(38)31-21(27(36)37)13-17(3)4/h5-6,8,10,14,16-17,19-21H,7,9,11-13,15H2,1-4H3,(H,29,34)(H,30,35)(H,31,38)(H,36,37). The first kappa shape index (κ1) is 29.7. The molecule has 2 heterocycles. The summed E-state index contributed by atoms with van der Waals surface area (Å²) in [6.07, 6.45) is 1.36. The third-order valence-electron chi connectivity index (χ3n) is 6.54. The molecule has 39 heavy (non-hydrogen) atoms. The molecule has 4 N–H and O–H groups in total. The van der Waals surface area contributed by atoms with Crippen molar-refractivity contribution >= 4 is 40.6 Å². The Balaban J connectivity index is 1.63. The number of carbonyl (C=O) groups is 5. The number of aliphatic carboxylic acids is 1. The molecule has 0 radical (unpaired) electrons. The van der Waals surface area contributed by atoms with Crippen LogP contribution in [0.1, 0.15) is 63.9 Å². The van der Waals surface area contributed by atoms with Crippen molar-refractivity contribution < 1.29 is 33.5 Å². The Hall–Kier alpha value is -3.89. The smallest absolute Gasteiger partial charge is 0.326 e. The van der Waals surface area contributed by atoms with E-state index in [0.717, 1.165) is 5.39 Å². The summed E-state index contributed by atoms with van der Waals surface area (Å²) in [6, 6.07) is 5.40. The second-order valence-electron chi connectivity index (χ2n) is 10.9. The van der Waals surface area contributed by atoms with Crippen LogP contribution in [0.25, 0.3) is 11.0 Å². The number of rotatable bonds is 10. The molecule has 3 unspecified atom stereocenters. The van der Waals surface area contributed by atoms with Crippen LogP contribution in [-0.4, -0.2) is 70.8 Å². The maximum absolute atomic E-state index is 13.2. The van der Waals surface area contributed by atoms with Gasteiger partial charge in [0.1, 0.15) is 17.7 Å². The van der Waals surface area contributed by atoms with Crippen LogP contribution < -0.4 is 16.0 Å². The number of para-hydroxylation sites is 1. The number of hydrogen-bond donors (Lipinski definition) is 4. The molecular weight excluding hydrogens is 504 g/mol. The molecule has 1 aliphatic heterocycles. The number of ketones is 1. The summed E-state index contributed by atoms with van der Waals surface area (Å²) in [5.41, 5.74) is 0.559. The van der Waals surface area contributed by atoms with Gasteiger partial charge in [-0.05, 0) is 49.7 Å². The Morgan fingerprint density at radius 2 is 1.69 bits per heavy atom. The number of hydrogen-bond acceptors (Lipinski definition) is 6. The molecule has 1 aromatic heterocycles. The predicted molar refractivity (Wildman–Crippen MR) is 144 cm³/mol. The summed E-state index contributed by atoms with van der Waals surface area (Å²) in [5.74, 6) is -2.30. The fraction of sp³-hybridized carbons (Fsp3) is 0.536. The normalized spacial score (nSPS) is 17.5. The number of carboxylic acid groups (broad SMARTS) is 1. The number of amides is 4. The molecule has 11 heteroatoms. The van der Waals surface area contributed by atoms with Crippen molar-refractivity contribution in [3.63, 3.8) is 0 Å². The molecular formula is C28H38N4O7. The fourth-order valence-electron chi connectivity index (χ4n) is 4.58. The number of carboxylic acids is 1. The lowest BCUT2D eigenvalue weighted by Gasteiger charge is -2.24. The summed E-state index contributed by atoms with van der Waals surface area (Å²) < 4.78 is 5.62. The van der Waals surface area contributed by atoms with Crippen LogP contribution in [0.5, 0.6) is 0 Å². The molecule has 1 aliphatic rings. The molecule has 212 valence electrons. The molecule has 1 saturated heterocycles. The molecule has 11 nitrogen and oxygen atoms in total. The fourth-order valence-corrected chi connectivity index (χ4v) is 4.58. The third kappa shape index (κ3) is 8.30. The Labute approximate surface area is 227 Å². The highest BCUT2D eigenvalue weighted by Gasteiger charge is 2.33. The van der Waals surface area contributed by atoms with E-state index in [9.17, 15) is 29.1 Å². The van der Waals surface area contributed by atoms with E-state index in [-0.39, 0.29) is 42.9 Å². The third-order valence-corrected chi connectivity index (χ3v) is 6.54. The van der Waals surface area contributed by atoms with Gasteiger partial charge in [0.05, 0.1) is 12.6 Å². The highest BCUT2D eigenvalue weighted by atomic mass is 16.4. The van der Waals surface area contributed by atoms with Crippen LogP contribution >= 0.6 is 0 Å². The molecule has 0 bridgehead atoms. The van der Waals surface area contributed by atoms with Gasteiger partial charge in [0.2, 0.25) is 5.91 Å². The average molecular weight is 543 g/mol. The van der Waals surface area contributed by atoms with E-state index in [1.54, 1.807) is 18.2 Å². The maximum Gasteiger partial charge on any atom is 0.326 e. The van der Waals surface area contributed by atoms with E-state index in [0.29, 0.717) is 24.8 Å². The van der Waals surface area contributed by atoms with Gasteiger partial charge < -0.3 is 30.4 Å². The zero-order valence-electron chi connectivity index (χ0n) is 22.9. The number of urea groups is 1. The largest absolute Gasteiger partial charge is 0.480 e. The lowest BCUT2D eigenvalue weighted by Crippen LogP contribution is -2.53. The minimum atomic E-state index is -1.13. The molecule has 0 spiro atoms. The van der Waals surface area contributed by atoms with E-state index in [2.05, 4.69) is 16.0 Å². The number of Topliss-reactive ketones (excluding diaryl/α,β-unsaturated/α-hetero) is 1. The summed E-state index contributed by atoms with van der Waals surface area (Å²) >= 11 is 0. The zero-order valence-corrected chi connectivity index (χ0v) is 22.9. The van der Waals surface area contributed by atoms with Crippen molar-refractivity contribution in [2.45, 2.75) is 71.5 Å². The second kappa shape index (κ2) is 13.3. The summed E-state index contributed by atoms with van der Waals surface area (Å²) in [4.78, 5) is 64.6. The number of fused-ring (bicyclic) bond motifs is 1. The first-order valence-electron chi connectivity index (χ1n) is 13.3. The van der Waals surface area contributed by atoms with Crippen LogP contribution in [0.3, 0.4) is 0 Å². The van der Waals surface area contributed by atoms with Crippen molar-refractivity contribution in [1.82, 2.24) is 20.9 Å². The highest BCUT2D eigenvalue weighted by Crippen LogP contribution is 2.19. The van der Waals surface area contributed by atoms with Crippen LogP contribution in [0.4, 0.5) is 4.79 Å². The van der Waals surface area contributed by atoms with Crippen LogP contribution in [0.15, 0.2) is 34.7 Å². The van der Waals surface area contributed by atoms with Crippen LogP contribution in [0.2, 0.25) is 0 Å². The number of carbonyl (C=O) groups excluding carboxylic acids is 4. The molecule has 0 aliphatic carbocycles. The van der Waals surface area contributed by atoms with Crippen molar-refractivity contribution in [3.8, 4) is 0 Å². The van der Waals surface area contributed by atoms with Crippen LogP contribution in [0, 0.1) is 11.8 Å². The van der Waals surface area contributed by atoms with E-state index in [1.807, 2.05) is 39.8 Å². The Morgan fingerprint density at radius 1 is 1.03 bits per heavy atom. The Kier molecular flexibility index (Phi) is 10.1. The average Bonchev–Trinajstić information content (AvgIpc) is 3.21. The molecule has 1 fully saturated rings. The molecule has 1 aromatic carbocycles. The number of furan rings is 1. The van der Waals surface area contributed by atoms with Crippen molar-refractivity contribution in [2.75, 3.05) is 13.1 Å². The summed E-state index contributed by atoms with van der Waals surface area (Å²) in [6.45, 7) is 7.54. The van der Waals surface area contributed by atoms with E-state index >= 15 is 0 Å². The van der Waals surface area contributed by atoms with Crippen LogP contribution in [-0.2, 0) is 14.4 Å². The van der Waals surface area contributed by atoms with Gasteiger partial charge in [-0.25, -0.2) is 9.59 Å². The second-order valence-corrected chi connectivity index (χ2v) is 10.9. The van der Waals surface area contributed by atoms with Gasteiger partial charge in [-0.3, -0.25) is 14.4 Å². The minimum absolute atomic E-state index is 0.0582. The van der Waals surface area contributed by atoms with Gasteiger partial charge in [-0.2, -0.15) is 0 Å². The SMILES string of the molecule is CC(C)CC(NC(=O)N1CCCC(NC(=O)C(CC(C)C)NC(=O)c2cc3ccccc3o2)C(=O)C1)C(=O)O. The quantitative estimate of drug-likeness (QED) is 0.359. The van der Waals surface area contributed by atoms with Gasteiger partial charge >= 0.3 is 12.0 Å². The zero-order chi connectivity index (χ0) is 28.7. The summed E-state index contributed by atoms with van der Waals surface area (Å²) in [7, 11) is 0. The molecule has 2 aromatic rings. The predicted octanol–water partition coefficient (Wildman–Crippen LogP) is 2.94. The Morgan fingerprint density at radius 3 is 2.33 bits per heavy atom. The maximum atomic E-state index is 13.2. The molecule has 4 amide bonds. The van der Waals surface area contributed by atoms with E-state index < -0.39 is 41.9 Å². The molecule has 0 saturated carbocycles. The van der Waals surface area contributed by atoms with Gasteiger partial charge in [0.15, 0.2) is 11.5 Å².